The first-order chi connectivity index (χ1) is 10.1. The number of oxazole rings is 1. The lowest BCUT2D eigenvalue weighted by atomic mass is 9.94. The van der Waals surface area contributed by atoms with Crippen LogP contribution in [-0.2, 0) is 28.9 Å². The summed E-state index contributed by atoms with van der Waals surface area (Å²) in [6, 6.07) is 0. The van der Waals surface area contributed by atoms with Crippen molar-refractivity contribution in [3.63, 3.8) is 0 Å². The molecule has 2 aromatic heterocycles. The fourth-order valence-electron chi connectivity index (χ4n) is 1.95. The summed E-state index contributed by atoms with van der Waals surface area (Å²) in [5.74, 6) is 0.763. The van der Waals surface area contributed by atoms with Crippen molar-refractivity contribution in [2.24, 2.45) is 7.05 Å². The van der Waals surface area contributed by atoms with Crippen molar-refractivity contribution in [3.8, 4) is 0 Å². The predicted octanol–water partition coefficient (Wildman–Crippen LogP) is 1.73. The molecule has 1 N–H and O–H groups in total. The van der Waals surface area contributed by atoms with Crippen LogP contribution in [0.1, 0.15) is 50.3 Å². The van der Waals surface area contributed by atoms with Gasteiger partial charge in [0.2, 0.25) is 20.9 Å². The number of sulfone groups is 1. The van der Waals surface area contributed by atoms with Gasteiger partial charge >= 0.3 is 0 Å². The molecule has 0 bridgehead atoms. The maximum atomic E-state index is 12.7. The zero-order valence-electron chi connectivity index (χ0n) is 13.4. The predicted molar refractivity (Wildman–Crippen MR) is 79.9 cm³/mol. The maximum absolute atomic E-state index is 12.7. The fourth-order valence-corrected chi connectivity index (χ4v) is 3.34. The van der Waals surface area contributed by atoms with Gasteiger partial charge in [0, 0.05) is 12.5 Å². The number of nitrogens with zero attached hydrogens (tertiary/aromatic N) is 3. The van der Waals surface area contributed by atoms with Crippen LogP contribution < -0.4 is 0 Å². The highest BCUT2D eigenvalue weighted by atomic mass is 32.2. The van der Waals surface area contributed by atoms with E-state index in [1.807, 2.05) is 20.8 Å². The molecule has 2 aromatic rings. The number of rotatable bonds is 4. The lowest BCUT2D eigenvalue weighted by Crippen LogP contribution is -2.16. The summed E-state index contributed by atoms with van der Waals surface area (Å²) >= 11 is 0. The lowest BCUT2D eigenvalue weighted by Gasteiger charge is -2.14. The van der Waals surface area contributed by atoms with Gasteiger partial charge in [0.25, 0.3) is 0 Å². The van der Waals surface area contributed by atoms with E-state index in [9.17, 15) is 8.42 Å². The third kappa shape index (κ3) is 2.80. The first kappa shape index (κ1) is 16.7. The van der Waals surface area contributed by atoms with E-state index >= 15 is 0 Å². The summed E-state index contributed by atoms with van der Waals surface area (Å²) < 4.78 is 32.3. The van der Waals surface area contributed by atoms with E-state index in [1.165, 1.54) is 17.7 Å². The van der Waals surface area contributed by atoms with Gasteiger partial charge in [-0.1, -0.05) is 20.8 Å². The van der Waals surface area contributed by atoms with E-state index in [1.54, 1.807) is 13.2 Å². The third-order valence-electron chi connectivity index (χ3n) is 3.53. The molecule has 122 valence electrons. The van der Waals surface area contributed by atoms with Gasteiger partial charge in [-0.2, -0.15) is 0 Å². The van der Waals surface area contributed by atoms with E-state index in [0.29, 0.717) is 11.5 Å². The second-order valence-electron chi connectivity index (χ2n) is 6.25. The first-order valence-corrected chi connectivity index (χ1v) is 8.45. The molecule has 0 saturated carbocycles. The van der Waals surface area contributed by atoms with Crippen molar-refractivity contribution in [1.82, 2.24) is 14.5 Å². The maximum Gasteiger partial charge on any atom is 0.228 e. The number of aromatic nitrogens is 3. The molecule has 0 aliphatic rings. The van der Waals surface area contributed by atoms with E-state index in [-0.39, 0.29) is 23.1 Å². The molecular weight excluding hydrogens is 306 g/mol. The van der Waals surface area contributed by atoms with Crippen LogP contribution in [-0.4, -0.2) is 28.1 Å². The molecule has 0 saturated heterocycles. The summed E-state index contributed by atoms with van der Waals surface area (Å²) in [4.78, 5) is 8.00. The van der Waals surface area contributed by atoms with Crippen LogP contribution in [0.4, 0.5) is 0 Å². The van der Waals surface area contributed by atoms with Crippen LogP contribution in [0.3, 0.4) is 0 Å². The van der Waals surface area contributed by atoms with Crippen molar-refractivity contribution in [2.45, 2.75) is 50.1 Å². The van der Waals surface area contributed by atoms with Gasteiger partial charge in [-0.3, -0.25) is 0 Å². The molecule has 0 aliphatic carbocycles. The standard InChI is InChI=1S/C14H21N3O4S/c1-9(12-15-7-11(21-12)14(2,3)4)22(19,20)13-16-6-10(8-18)17(13)5/h6-7,9,18H,8H2,1-5H3. The Hall–Kier alpha value is -1.67. The molecule has 0 aromatic carbocycles. The molecule has 2 heterocycles. The summed E-state index contributed by atoms with van der Waals surface area (Å²) in [5, 5.41) is 8.09. The van der Waals surface area contributed by atoms with Crippen molar-refractivity contribution in [3.05, 3.63) is 29.7 Å². The summed E-state index contributed by atoms with van der Waals surface area (Å²) in [7, 11) is -2.21. The second kappa shape index (κ2) is 5.51. The SMILES string of the molecule is CC(c1ncc(C(C)(C)C)o1)S(=O)(=O)c1ncc(CO)n1C. The van der Waals surface area contributed by atoms with Crippen molar-refractivity contribution in [2.75, 3.05) is 0 Å². The molecule has 0 amide bonds. The molecule has 0 fully saturated rings. The second-order valence-corrected chi connectivity index (χ2v) is 8.41. The number of aliphatic hydroxyl groups is 1. The third-order valence-corrected chi connectivity index (χ3v) is 5.55. The Morgan fingerprint density at radius 1 is 1.32 bits per heavy atom. The average Bonchev–Trinajstić information content (AvgIpc) is 3.03. The minimum Gasteiger partial charge on any atom is -0.444 e. The minimum absolute atomic E-state index is 0.112. The zero-order valence-corrected chi connectivity index (χ0v) is 14.2. The van der Waals surface area contributed by atoms with Gasteiger partial charge in [0.1, 0.15) is 11.0 Å². The van der Waals surface area contributed by atoms with Crippen LogP contribution in [0.2, 0.25) is 0 Å². The Balaban J connectivity index is 2.41. The highest BCUT2D eigenvalue weighted by Gasteiger charge is 2.33. The van der Waals surface area contributed by atoms with Gasteiger partial charge in [-0.05, 0) is 6.92 Å². The Kier molecular flexibility index (Phi) is 4.18. The number of aliphatic hydroxyl groups excluding tert-OH is 1. The number of hydrogen-bond donors (Lipinski definition) is 1. The topological polar surface area (TPSA) is 98.2 Å². The Labute approximate surface area is 129 Å². The average molecular weight is 327 g/mol. The highest BCUT2D eigenvalue weighted by Crippen LogP contribution is 2.30. The molecule has 1 atom stereocenters. The molecule has 2 rings (SSSR count). The zero-order chi connectivity index (χ0) is 16.7. The fraction of sp³-hybridized carbons (Fsp3) is 0.571. The normalized spacial score (nSPS) is 14.3. The summed E-state index contributed by atoms with van der Waals surface area (Å²) in [5.41, 5.74) is 0.177. The van der Waals surface area contributed by atoms with Crippen molar-refractivity contribution in [1.29, 1.82) is 0 Å². The van der Waals surface area contributed by atoms with Gasteiger partial charge in [0.05, 0.1) is 24.7 Å². The van der Waals surface area contributed by atoms with Crippen LogP contribution in [0, 0.1) is 0 Å². The molecule has 8 heteroatoms. The molecule has 0 spiro atoms. The highest BCUT2D eigenvalue weighted by molar-refractivity contribution is 7.91. The summed E-state index contributed by atoms with van der Waals surface area (Å²) in [6.07, 6.45) is 2.90. The van der Waals surface area contributed by atoms with Gasteiger partial charge in [-0.25, -0.2) is 18.4 Å². The van der Waals surface area contributed by atoms with E-state index in [0.717, 1.165) is 0 Å². The Morgan fingerprint density at radius 3 is 2.41 bits per heavy atom. The molecule has 7 nitrogen and oxygen atoms in total. The molecule has 1 unspecified atom stereocenters. The number of hydrogen-bond acceptors (Lipinski definition) is 6. The van der Waals surface area contributed by atoms with Crippen molar-refractivity contribution >= 4 is 9.84 Å². The van der Waals surface area contributed by atoms with E-state index in [2.05, 4.69) is 9.97 Å². The monoisotopic (exact) mass is 327 g/mol. The van der Waals surface area contributed by atoms with Crippen LogP contribution >= 0.6 is 0 Å². The smallest absolute Gasteiger partial charge is 0.228 e. The van der Waals surface area contributed by atoms with Gasteiger partial charge < -0.3 is 14.1 Å². The van der Waals surface area contributed by atoms with Gasteiger partial charge in [0.15, 0.2) is 0 Å². The van der Waals surface area contributed by atoms with Crippen molar-refractivity contribution < 1.29 is 17.9 Å². The van der Waals surface area contributed by atoms with Gasteiger partial charge in [-0.15, -0.1) is 0 Å². The van der Waals surface area contributed by atoms with Crippen LogP contribution in [0.5, 0.6) is 0 Å². The first-order valence-electron chi connectivity index (χ1n) is 6.90. The van der Waals surface area contributed by atoms with Crippen LogP contribution in [0.15, 0.2) is 22.0 Å². The summed E-state index contributed by atoms with van der Waals surface area (Å²) in [6.45, 7) is 7.12. The van der Waals surface area contributed by atoms with Crippen LogP contribution in [0.25, 0.3) is 0 Å². The lowest BCUT2D eigenvalue weighted by molar-refractivity contribution is 0.271. The molecule has 22 heavy (non-hydrogen) atoms. The Bertz CT molecular complexity index is 768. The number of imidazole rings is 1. The quantitative estimate of drug-likeness (QED) is 0.918. The molecule has 0 aliphatic heterocycles. The molecule has 0 radical (unpaired) electrons. The Morgan fingerprint density at radius 2 is 1.95 bits per heavy atom. The minimum atomic E-state index is -3.76. The largest absolute Gasteiger partial charge is 0.444 e. The molecular formula is C14H21N3O4S. The van der Waals surface area contributed by atoms with E-state index < -0.39 is 15.1 Å². The van der Waals surface area contributed by atoms with E-state index in [4.69, 9.17) is 9.52 Å².